The molecule has 158 valence electrons. The van der Waals surface area contributed by atoms with E-state index in [2.05, 4.69) is 39.7 Å². The largest absolute Gasteiger partial charge is 0.492 e. The molecule has 0 atom stereocenters. The van der Waals surface area contributed by atoms with E-state index in [9.17, 15) is 0 Å². The Bertz CT molecular complexity index is 741. The van der Waals surface area contributed by atoms with Gasteiger partial charge in [0, 0.05) is 25.0 Å². The van der Waals surface area contributed by atoms with Crippen LogP contribution in [0.4, 0.5) is 0 Å². The number of benzene rings is 1. The second kappa shape index (κ2) is 11.8. The third-order valence-electron chi connectivity index (χ3n) is 5.02. The first-order valence-corrected chi connectivity index (χ1v) is 11.4. The fourth-order valence-electron chi connectivity index (χ4n) is 3.45. The molecule has 0 radical (unpaired) electrons. The summed E-state index contributed by atoms with van der Waals surface area (Å²) in [7, 11) is 0. The number of thiazole rings is 1. The monoisotopic (exact) mass is 415 g/mol. The fraction of sp³-hybridized carbons (Fsp3) is 0.545. The number of aliphatic imine (C=N–C) groups is 1. The molecule has 1 aliphatic heterocycles. The Morgan fingerprint density at radius 2 is 2.03 bits per heavy atom. The third kappa shape index (κ3) is 7.66. The third-order valence-corrected chi connectivity index (χ3v) is 5.84. The molecule has 29 heavy (non-hydrogen) atoms. The summed E-state index contributed by atoms with van der Waals surface area (Å²) >= 11 is 1.74. The molecule has 1 aromatic carbocycles. The van der Waals surface area contributed by atoms with Gasteiger partial charge in [0.05, 0.1) is 17.2 Å². The first-order valence-electron chi connectivity index (χ1n) is 10.6. The number of para-hydroxylation sites is 1. The molecule has 0 saturated carbocycles. The zero-order chi connectivity index (χ0) is 20.3. The highest BCUT2D eigenvalue weighted by Crippen LogP contribution is 2.20. The van der Waals surface area contributed by atoms with Crippen LogP contribution in [0.2, 0.25) is 0 Å². The van der Waals surface area contributed by atoms with Crippen LogP contribution in [0.15, 0.2) is 40.7 Å². The smallest absolute Gasteiger partial charge is 0.191 e. The van der Waals surface area contributed by atoms with Crippen molar-refractivity contribution in [2.75, 3.05) is 39.3 Å². The molecule has 2 aromatic rings. The first kappa shape index (κ1) is 21.6. The van der Waals surface area contributed by atoms with E-state index in [0.717, 1.165) is 56.0 Å². The average Bonchev–Trinajstić information content (AvgIpc) is 3.15. The van der Waals surface area contributed by atoms with Gasteiger partial charge in [0.25, 0.3) is 0 Å². The van der Waals surface area contributed by atoms with Crippen LogP contribution in [0.1, 0.15) is 30.5 Å². The molecule has 2 heterocycles. The number of guanidine groups is 1. The molecule has 0 spiro atoms. The van der Waals surface area contributed by atoms with Gasteiger partial charge >= 0.3 is 0 Å². The minimum absolute atomic E-state index is 0.614. The Morgan fingerprint density at radius 1 is 1.24 bits per heavy atom. The van der Waals surface area contributed by atoms with Crippen LogP contribution in [-0.4, -0.2) is 55.2 Å². The van der Waals surface area contributed by atoms with Crippen LogP contribution < -0.4 is 15.4 Å². The Morgan fingerprint density at radius 3 is 2.72 bits per heavy atom. The maximum Gasteiger partial charge on any atom is 0.191 e. The van der Waals surface area contributed by atoms with Gasteiger partial charge in [-0.1, -0.05) is 18.2 Å². The van der Waals surface area contributed by atoms with Gasteiger partial charge in [0.1, 0.15) is 12.4 Å². The van der Waals surface area contributed by atoms with Crippen molar-refractivity contribution in [1.82, 2.24) is 20.5 Å². The van der Waals surface area contributed by atoms with Crippen molar-refractivity contribution in [3.63, 3.8) is 0 Å². The summed E-state index contributed by atoms with van der Waals surface area (Å²) in [4.78, 5) is 11.9. The summed E-state index contributed by atoms with van der Waals surface area (Å²) in [6.45, 7) is 10.5. The summed E-state index contributed by atoms with van der Waals surface area (Å²) in [6, 6.07) is 9.91. The van der Waals surface area contributed by atoms with Crippen molar-refractivity contribution >= 4 is 17.3 Å². The highest BCUT2D eigenvalue weighted by atomic mass is 32.1. The number of likely N-dealkylation sites (tertiary alicyclic amines) is 1. The molecule has 1 saturated heterocycles. The van der Waals surface area contributed by atoms with Crippen LogP contribution in [0.3, 0.4) is 0 Å². The van der Waals surface area contributed by atoms with Crippen molar-refractivity contribution in [2.45, 2.75) is 33.2 Å². The van der Waals surface area contributed by atoms with Crippen molar-refractivity contribution < 1.29 is 4.74 Å². The molecule has 2 N–H and O–H groups in total. The second-order valence-electron chi connectivity index (χ2n) is 7.39. The maximum absolute atomic E-state index is 5.74. The lowest BCUT2D eigenvalue weighted by molar-refractivity contribution is 0.179. The van der Waals surface area contributed by atoms with E-state index in [1.807, 2.05) is 30.3 Å². The van der Waals surface area contributed by atoms with Gasteiger partial charge in [-0.05, 0) is 57.8 Å². The lowest BCUT2D eigenvalue weighted by atomic mass is 9.97. The second-order valence-corrected chi connectivity index (χ2v) is 8.45. The van der Waals surface area contributed by atoms with Crippen LogP contribution in [-0.2, 0) is 6.54 Å². The molecule has 7 heteroatoms. The summed E-state index contributed by atoms with van der Waals surface area (Å²) in [5, 5.41) is 10.0. The maximum atomic E-state index is 5.74. The van der Waals surface area contributed by atoms with Crippen LogP contribution in [0, 0.1) is 12.8 Å². The zero-order valence-corrected chi connectivity index (χ0v) is 18.4. The van der Waals surface area contributed by atoms with E-state index in [-0.39, 0.29) is 0 Å². The minimum atomic E-state index is 0.614. The van der Waals surface area contributed by atoms with E-state index in [4.69, 9.17) is 9.73 Å². The Hall–Kier alpha value is -2.12. The van der Waals surface area contributed by atoms with Gasteiger partial charge in [0.2, 0.25) is 0 Å². The molecule has 1 fully saturated rings. The lowest BCUT2D eigenvalue weighted by Crippen LogP contribution is -2.40. The topological polar surface area (TPSA) is 61.8 Å². The SMILES string of the molecule is CCNC(=NCC1CCN(Cc2csc(C)n2)CC1)NCCOc1ccccc1. The number of rotatable bonds is 9. The molecule has 1 aromatic heterocycles. The predicted molar refractivity (Wildman–Crippen MR) is 121 cm³/mol. The number of nitrogens with zero attached hydrogens (tertiary/aromatic N) is 3. The number of hydrogen-bond acceptors (Lipinski definition) is 5. The number of nitrogens with one attached hydrogen (secondary N) is 2. The van der Waals surface area contributed by atoms with Crippen LogP contribution in [0.25, 0.3) is 0 Å². The van der Waals surface area contributed by atoms with Gasteiger partial charge in [-0.15, -0.1) is 11.3 Å². The summed E-state index contributed by atoms with van der Waals surface area (Å²) in [6.07, 6.45) is 2.40. The van der Waals surface area contributed by atoms with Crippen molar-refractivity contribution in [2.24, 2.45) is 10.9 Å². The van der Waals surface area contributed by atoms with Crippen LogP contribution in [0.5, 0.6) is 5.75 Å². The van der Waals surface area contributed by atoms with Gasteiger partial charge in [0.15, 0.2) is 5.96 Å². The molecular formula is C22H33N5OS. The lowest BCUT2D eigenvalue weighted by Gasteiger charge is -2.30. The predicted octanol–water partition coefficient (Wildman–Crippen LogP) is 3.30. The Labute approximate surface area is 178 Å². The van der Waals surface area contributed by atoms with Gasteiger partial charge in [-0.3, -0.25) is 9.89 Å². The van der Waals surface area contributed by atoms with Crippen molar-refractivity contribution in [3.05, 3.63) is 46.4 Å². The molecule has 1 aliphatic rings. The Kier molecular flexibility index (Phi) is 8.77. The summed E-state index contributed by atoms with van der Waals surface area (Å²) in [5.41, 5.74) is 1.21. The van der Waals surface area contributed by atoms with E-state index < -0.39 is 0 Å². The van der Waals surface area contributed by atoms with Crippen LogP contribution >= 0.6 is 11.3 Å². The van der Waals surface area contributed by atoms with Crippen molar-refractivity contribution in [3.8, 4) is 5.75 Å². The number of hydrogen-bond donors (Lipinski definition) is 2. The molecule has 6 nitrogen and oxygen atoms in total. The van der Waals surface area contributed by atoms with E-state index in [1.165, 1.54) is 18.5 Å². The highest BCUT2D eigenvalue weighted by Gasteiger charge is 2.19. The molecule has 0 amide bonds. The highest BCUT2D eigenvalue weighted by molar-refractivity contribution is 7.09. The summed E-state index contributed by atoms with van der Waals surface area (Å²) < 4.78 is 5.74. The number of ether oxygens (including phenoxy) is 1. The van der Waals surface area contributed by atoms with Gasteiger partial charge < -0.3 is 15.4 Å². The molecule has 3 rings (SSSR count). The van der Waals surface area contributed by atoms with E-state index in [0.29, 0.717) is 12.5 Å². The van der Waals surface area contributed by atoms with Gasteiger partial charge in [-0.25, -0.2) is 4.98 Å². The fourth-order valence-corrected chi connectivity index (χ4v) is 4.06. The van der Waals surface area contributed by atoms with E-state index in [1.54, 1.807) is 11.3 Å². The first-order chi connectivity index (χ1) is 14.2. The molecule has 0 aliphatic carbocycles. The van der Waals surface area contributed by atoms with E-state index >= 15 is 0 Å². The molecule has 0 unspecified atom stereocenters. The van der Waals surface area contributed by atoms with Gasteiger partial charge in [-0.2, -0.15) is 0 Å². The van der Waals surface area contributed by atoms with Crippen molar-refractivity contribution in [1.29, 1.82) is 0 Å². The Balaban J connectivity index is 1.36. The minimum Gasteiger partial charge on any atom is -0.492 e. The average molecular weight is 416 g/mol. The standard InChI is InChI=1S/C22H33N5OS/c1-3-23-22(24-11-14-28-21-7-5-4-6-8-21)25-15-19-9-12-27(13-10-19)16-20-17-29-18(2)26-20/h4-8,17,19H,3,9-16H2,1-2H3,(H2,23,24,25). The quantitative estimate of drug-likeness (QED) is 0.374. The number of aromatic nitrogens is 1. The number of piperidine rings is 1. The molecular weight excluding hydrogens is 382 g/mol. The number of aryl methyl sites for hydroxylation is 1. The summed E-state index contributed by atoms with van der Waals surface area (Å²) in [5.74, 6) is 2.43. The zero-order valence-electron chi connectivity index (χ0n) is 17.6. The normalized spacial score (nSPS) is 16.0. The molecule has 0 bridgehead atoms.